The fourth-order valence-corrected chi connectivity index (χ4v) is 16.9. The van der Waals surface area contributed by atoms with Crippen LogP contribution in [0.3, 0.4) is 0 Å². The normalized spacial score (nSPS) is 49.2. The number of aliphatic hydroxyl groups excluding tert-OH is 13. The lowest BCUT2D eigenvalue weighted by atomic mass is 9.39. The number of rotatable bonds is 20. The van der Waals surface area contributed by atoms with Crippen LogP contribution in [-0.2, 0) is 47.4 Å². The second-order valence-corrected chi connectivity index (χ2v) is 28.4. The van der Waals surface area contributed by atoms with E-state index in [1.807, 2.05) is 0 Å². The number of allylic oxidation sites excluding steroid dienone is 1. The van der Waals surface area contributed by atoms with E-state index < -0.39 is 165 Å². The topological polar surface area (TPSA) is 376 Å². The quantitative estimate of drug-likeness (QED) is 0.0593. The summed E-state index contributed by atoms with van der Waals surface area (Å²) in [5, 5.41) is 149. The molecule has 5 heterocycles. The van der Waals surface area contributed by atoms with Crippen LogP contribution in [0.2, 0.25) is 0 Å². The number of hydrogen-bond donors (Lipinski definition) is 14. The largest absolute Gasteiger partial charge is 0.510 e. The molecule has 85 heavy (non-hydrogen) atoms. The van der Waals surface area contributed by atoms with Crippen molar-refractivity contribution < 1.29 is 119 Å². The minimum Gasteiger partial charge on any atom is -0.510 e. The summed E-state index contributed by atoms with van der Waals surface area (Å²) in [7, 11) is 0. The minimum absolute atomic E-state index is 0.0128. The molecule has 0 spiro atoms. The van der Waals surface area contributed by atoms with E-state index in [1.54, 1.807) is 13.8 Å². The van der Waals surface area contributed by atoms with E-state index in [2.05, 4.69) is 54.2 Å². The molecule has 24 heteroatoms. The molecule has 0 amide bonds. The Hall–Kier alpha value is -1.64. The molecule has 30 atom stereocenters. The molecule has 5 saturated heterocycles. The summed E-state index contributed by atoms with van der Waals surface area (Å²) < 4.78 is 60.9. The highest BCUT2D eigenvalue weighted by Gasteiger charge is 2.68. The zero-order valence-corrected chi connectivity index (χ0v) is 50.7. The monoisotopic (exact) mass is 1220 g/mol. The van der Waals surface area contributed by atoms with Crippen LogP contribution in [0.1, 0.15) is 139 Å². The van der Waals surface area contributed by atoms with Crippen LogP contribution in [0.25, 0.3) is 0 Å². The van der Waals surface area contributed by atoms with Gasteiger partial charge in [-0.05, 0) is 112 Å². The average Bonchev–Trinajstić information content (AvgIpc) is 1.74. The van der Waals surface area contributed by atoms with Gasteiger partial charge in [-0.15, -0.1) is 0 Å². The molecule has 0 aromatic rings. The van der Waals surface area contributed by atoms with E-state index in [4.69, 9.17) is 47.4 Å². The number of ether oxygens (including phenoxy) is 10. The van der Waals surface area contributed by atoms with Gasteiger partial charge in [0.1, 0.15) is 60.7 Å². The van der Waals surface area contributed by atoms with E-state index in [0.29, 0.717) is 31.1 Å². The van der Waals surface area contributed by atoms with E-state index >= 15 is 0 Å². The summed E-state index contributed by atoms with van der Waals surface area (Å²) in [6, 6.07) is 0. The SMILES string of the molecule is C=C(O)[C@H]1O[C@H](OC[C@@H]2C[C@H](O)C(O[C@@H]3OC(CO)C[C@H](O)[C@H]3O)[C@H](O[C@H](CC[C@@H](C)C3CC[C@@]4(C)C5CC=C6C(CC[C@H](O[C@@H]7O[C@H](CO[C@H]8O[C@H](CO)[C@@H](O)C[C@H]8O)C[C@H](O)[C@H]7O)C6(C)C)[C@]5(C)CC[C@]34C)C(C)(C)O)O2)[C@H](O)[C@@H](O)[C@@H]1O. The van der Waals surface area contributed by atoms with Crippen molar-refractivity contribution in [3.8, 4) is 0 Å². The first-order valence-electron chi connectivity index (χ1n) is 31.2. The first-order valence-corrected chi connectivity index (χ1v) is 31.2. The van der Waals surface area contributed by atoms with Gasteiger partial charge in [-0.2, -0.15) is 0 Å². The lowest BCUT2D eigenvalue weighted by Gasteiger charge is -2.66. The standard InChI is InChI=1S/C61H102O24/c1-28(10-14-44(58(5,6)75)83-56-51(85-55-46(71)37(66)20-30(24-62)78-55)39(68)22-32(80-56)27-77-53-49(74)47(72)48(73)50(84-53)29(2)64)33-16-17-61(9)42-13-11-34-35(59(42,7)18-19-60(33,61)8)12-15-43(57(34,3)4)82-54-45(70)38(67)21-31(79-54)26-76-52-40(69)23-36(65)41(25-63)81-52/h11,28,30-33,35-56,62-75H,2,10,12-27H2,1,3-9H3/t28-,30?,31+,32+,33?,35?,36+,37+,38+,39+,40-,41-,42?,43+,44-,45-,46-,47+,48+,49-,50-,51?,52+,53+,54+,55+,56+,59+,60-,61+/m1/s1. The molecular weight excluding hydrogens is 1120 g/mol. The maximum absolute atomic E-state index is 11.9. The van der Waals surface area contributed by atoms with Crippen molar-refractivity contribution in [2.75, 3.05) is 26.4 Å². The highest BCUT2D eigenvalue weighted by Crippen LogP contribution is 2.75. The molecule has 24 nitrogen and oxygen atoms in total. The van der Waals surface area contributed by atoms with Crippen molar-refractivity contribution in [1.29, 1.82) is 0 Å². The van der Waals surface area contributed by atoms with Gasteiger partial charge in [-0.3, -0.25) is 0 Å². The van der Waals surface area contributed by atoms with Crippen LogP contribution in [0.15, 0.2) is 24.0 Å². The van der Waals surface area contributed by atoms with Crippen LogP contribution >= 0.6 is 0 Å². The summed E-state index contributed by atoms with van der Waals surface area (Å²) >= 11 is 0. The molecule has 9 aliphatic rings. The van der Waals surface area contributed by atoms with Gasteiger partial charge in [0, 0.05) is 31.1 Å². The first kappa shape index (κ1) is 67.7. The molecule has 3 saturated carbocycles. The first-order chi connectivity index (χ1) is 39.9. The molecule has 0 aromatic heterocycles. The van der Waals surface area contributed by atoms with Crippen molar-refractivity contribution in [2.24, 2.45) is 45.3 Å². The van der Waals surface area contributed by atoms with Crippen LogP contribution in [-0.4, -0.2) is 245 Å². The molecular formula is C61H102O24. The molecule has 8 fully saturated rings. The highest BCUT2D eigenvalue weighted by atomic mass is 16.8. The Kier molecular flexibility index (Phi) is 21.1. The zero-order chi connectivity index (χ0) is 62.0. The van der Waals surface area contributed by atoms with Crippen LogP contribution in [0.5, 0.6) is 0 Å². The summed E-state index contributed by atoms with van der Waals surface area (Å²) in [5.74, 6) is 0.580. The van der Waals surface area contributed by atoms with Crippen molar-refractivity contribution in [1.82, 2.24) is 0 Å². The molecule has 9 rings (SSSR count). The Balaban J connectivity index is 0.857. The van der Waals surface area contributed by atoms with Crippen LogP contribution in [0.4, 0.5) is 0 Å². The van der Waals surface area contributed by atoms with Crippen molar-refractivity contribution in [3.05, 3.63) is 24.0 Å². The van der Waals surface area contributed by atoms with Gasteiger partial charge >= 0.3 is 0 Å². The molecule has 0 bridgehead atoms. The summed E-state index contributed by atoms with van der Waals surface area (Å²) in [6.45, 7) is 19.4. The van der Waals surface area contributed by atoms with Gasteiger partial charge in [0.2, 0.25) is 0 Å². The van der Waals surface area contributed by atoms with E-state index in [0.717, 1.165) is 38.5 Å². The smallest absolute Gasteiger partial charge is 0.187 e. The lowest BCUT2D eigenvalue weighted by molar-refractivity contribution is -0.360. The van der Waals surface area contributed by atoms with Gasteiger partial charge in [0.15, 0.2) is 31.5 Å². The third-order valence-corrected chi connectivity index (χ3v) is 22.3. The molecule has 0 radical (unpaired) electrons. The van der Waals surface area contributed by atoms with Crippen LogP contribution < -0.4 is 0 Å². The van der Waals surface area contributed by atoms with Gasteiger partial charge in [0.25, 0.3) is 0 Å². The zero-order valence-electron chi connectivity index (χ0n) is 50.7. The molecule has 5 aliphatic heterocycles. The second-order valence-electron chi connectivity index (χ2n) is 28.4. The average molecular weight is 1220 g/mol. The van der Waals surface area contributed by atoms with E-state index in [1.165, 1.54) is 5.57 Å². The van der Waals surface area contributed by atoms with Gasteiger partial charge in [-0.1, -0.05) is 59.8 Å². The minimum atomic E-state index is -1.77. The Bertz CT molecular complexity index is 2250. The molecule has 0 aromatic carbocycles. The summed E-state index contributed by atoms with van der Waals surface area (Å²) in [6.07, 6.45) is -18.6. The Labute approximate surface area is 498 Å². The Morgan fingerprint density at radius 1 is 0.624 bits per heavy atom. The lowest BCUT2D eigenvalue weighted by Crippen LogP contribution is -2.60. The van der Waals surface area contributed by atoms with E-state index in [-0.39, 0.29) is 73.1 Å². The number of aliphatic hydroxyl groups is 14. The fourth-order valence-electron chi connectivity index (χ4n) is 16.9. The Morgan fingerprint density at radius 2 is 1.24 bits per heavy atom. The summed E-state index contributed by atoms with van der Waals surface area (Å²) in [5.41, 5.74) is -0.621. The fraction of sp³-hybridized carbons (Fsp3) is 0.934. The maximum Gasteiger partial charge on any atom is 0.187 e. The van der Waals surface area contributed by atoms with Crippen molar-refractivity contribution in [2.45, 2.75) is 286 Å². The molecule has 490 valence electrons. The third kappa shape index (κ3) is 13.4. The van der Waals surface area contributed by atoms with Gasteiger partial charge in [0.05, 0.1) is 87.0 Å². The number of fused-ring (bicyclic) bond motifs is 5. The van der Waals surface area contributed by atoms with Crippen molar-refractivity contribution >= 4 is 0 Å². The number of hydrogen-bond acceptors (Lipinski definition) is 24. The highest BCUT2D eigenvalue weighted by molar-refractivity contribution is 5.30. The second kappa shape index (κ2) is 26.5. The van der Waals surface area contributed by atoms with Gasteiger partial charge < -0.3 is 119 Å². The molecule has 4 aliphatic carbocycles. The summed E-state index contributed by atoms with van der Waals surface area (Å²) in [4.78, 5) is 0. The van der Waals surface area contributed by atoms with Gasteiger partial charge in [-0.25, -0.2) is 0 Å². The predicted molar refractivity (Wildman–Crippen MR) is 298 cm³/mol. The molecule has 14 N–H and O–H groups in total. The van der Waals surface area contributed by atoms with Crippen molar-refractivity contribution in [3.63, 3.8) is 0 Å². The molecule has 5 unspecified atom stereocenters. The Morgan fingerprint density at radius 3 is 1.87 bits per heavy atom. The maximum atomic E-state index is 11.9. The van der Waals surface area contributed by atoms with Crippen LogP contribution in [0, 0.1) is 45.3 Å². The predicted octanol–water partition coefficient (Wildman–Crippen LogP) is 0.818. The third-order valence-electron chi connectivity index (χ3n) is 22.3. The van der Waals surface area contributed by atoms with E-state index in [9.17, 15) is 71.5 Å².